The molecule has 1 heterocycles. The Kier molecular flexibility index (Phi) is 8.12. The Balaban J connectivity index is 1.55. The first kappa shape index (κ1) is 22.9. The first-order valence-electron chi connectivity index (χ1n) is 10.6. The Morgan fingerprint density at radius 1 is 1.13 bits per heavy atom. The third-order valence-electron chi connectivity index (χ3n) is 5.19. The fourth-order valence-corrected chi connectivity index (χ4v) is 4.11. The van der Waals surface area contributed by atoms with Gasteiger partial charge in [-0.05, 0) is 56.9 Å². The fourth-order valence-electron chi connectivity index (χ4n) is 3.27. The highest BCUT2D eigenvalue weighted by Gasteiger charge is 2.20. The smallest absolute Gasteiger partial charge is 0.230 e. The molecule has 0 saturated carbocycles. The number of carbonyl (C=O) groups excluding carboxylic acids is 1. The number of aryl methyl sites for hydroxylation is 1. The molecule has 0 aliphatic heterocycles. The van der Waals surface area contributed by atoms with Gasteiger partial charge in [-0.1, -0.05) is 54.2 Å². The molecular formula is C24H30N4O2S. The van der Waals surface area contributed by atoms with Crippen LogP contribution < -0.4 is 10.1 Å². The molecule has 0 fully saturated rings. The maximum atomic E-state index is 12.2. The number of carbonyl (C=O) groups is 1. The van der Waals surface area contributed by atoms with Gasteiger partial charge >= 0.3 is 0 Å². The van der Waals surface area contributed by atoms with E-state index >= 15 is 0 Å². The third-order valence-corrected chi connectivity index (χ3v) is 6.16. The van der Waals surface area contributed by atoms with Crippen LogP contribution >= 0.6 is 11.8 Å². The molecule has 3 aromatic rings. The summed E-state index contributed by atoms with van der Waals surface area (Å²) in [6.45, 7) is 9.47. The molecule has 1 unspecified atom stereocenters. The minimum Gasteiger partial charge on any atom is -0.482 e. The van der Waals surface area contributed by atoms with Crippen LogP contribution in [-0.2, 0) is 17.8 Å². The van der Waals surface area contributed by atoms with Gasteiger partial charge in [0.15, 0.2) is 17.1 Å². The zero-order valence-corrected chi connectivity index (χ0v) is 19.4. The van der Waals surface area contributed by atoms with Crippen LogP contribution in [0.5, 0.6) is 5.75 Å². The summed E-state index contributed by atoms with van der Waals surface area (Å²) in [4.78, 5) is 12.2. The minimum absolute atomic E-state index is 0.00665. The molecule has 0 spiro atoms. The van der Waals surface area contributed by atoms with Crippen molar-refractivity contribution in [2.45, 2.75) is 51.9 Å². The van der Waals surface area contributed by atoms with E-state index in [4.69, 9.17) is 4.74 Å². The quantitative estimate of drug-likeness (QED) is 0.472. The summed E-state index contributed by atoms with van der Waals surface area (Å²) in [5.74, 6) is 1.91. The second-order valence-electron chi connectivity index (χ2n) is 7.42. The van der Waals surface area contributed by atoms with Gasteiger partial charge in [-0.25, -0.2) is 0 Å². The topological polar surface area (TPSA) is 69.0 Å². The van der Waals surface area contributed by atoms with Crippen LogP contribution in [0.3, 0.4) is 0 Å². The van der Waals surface area contributed by atoms with E-state index in [0.29, 0.717) is 18.8 Å². The summed E-state index contributed by atoms with van der Waals surface area (Å²) < 4.78 is 8.19. The number of aromatic nitrogens is 3. The number of hydrogen-bond donors (Lipinski definition) is 1. The predicted molar refractivity (Wildman–Crippen MR) is 125 cm³/mol. The molecule has 1 N–H and O–H groups in total. The average Bonchev–Trinajstić information content (AvgIpc) is 3.19. The zero-order chi connectivity index (χ0) is 22.2. The fraction of sp³-hybridized carbons (Fsp3) is 0.375. The zero-order valence-electron chi connectivity index (χ0n) is 18.6. The molecule has 6 nitrogen and oxygen atoms in total. The van der Waals surface area contributed by atoms with E-state index in [-0.39, 0.29) is 12.0 Å². The van der Waals surface area contributed by atoms with Crippen molar-refractivity contribution in [1.29, 1.82) is 0 Å². The van der Waals surface area contributed by atoms with E-state index in [1.54, 1.807) is 0 Å². The average molecular weight is 439 g/mol. The van der Waals surface area contributed by atoms with Crippen molar-refractivity contribution in [3.63, 3.8) is 0 Å². The maximum absolute atomic E-state index is 12.2. The van der Waals surface area contributed by atoms with Gasteiger partial charge in [-0.15, -0.1) is 10.2 Å². The highest BCUT2D eigenvalue weighted by Crippen LogP contribution is 2.27. The Morgan fingerprint density at radius 3 is 2.65 bits per heavy atom. The van der Waals surface area contributed by atoms with Gasteiger partial charge < -0.3 is 14.6 Å². The molecule has 1 aromatic heterocycles. The van der Waals surface area contributed by atoms with Gasteiger partial charge in [0, 0.05) is 13.1 Å². The molecular weight excluding hydrogens is 408 g/mol. The van der Waals surface area contributed by atoms with Crippen LogP contribution in [0, 0.1) is 13.8 Å². The summed E-state index contributed by atoms with van der Waals surface area (Å²) in [6, 6.07) is 16.2. The van der Waals surface area contributed by atoms with Crippen LogP contribution in [0.15, 0.2) is 53.7 Å². The molecule has 3 rings (SSSR count). The normalized spacial score (nSPS) is 11.9. The number of amides is 1. The van der Waals surface area contributed by atoms with E-state index in [0.717, 1.165) is 28.7 Å². The monoisotopic (exact) mass is 438 g/mol. The molecule has 0 radical (unpaired) electrons. The molecule has 1 amide bonds. The Morgan fingerprint density at radius 2 is 1.90 bits per heavy atom. The van der Waals surface area contributed by atoms with Crippen molar-refractivity contribution >= 4 is 17.7 Å². The minimum atomic E-state index is -0.248. The molecule has 0 bridgehead atoms. The maximum Gasteiger partial charge on any atom is 0.230 e. The Hall–Kier alpha value is -2.80. The van der Waals surface area contributed by atoms with Crippen LogP contribution in [0.2, 0.25) is 0 Å². The van der Waals surface area contributed by atoms with Crippen LogP contribution in [-0.4, -0.2) is 33.0 Å². The molecule has 0 aliphatic rings. The standard InChI is InChI=1S/C24H30N4O2S/c1-5-28-23(19(4)30-21-13-9-10-17(2)18(21)3)26-27-24(28)31-16-22(29)25-15-14-20-11-7-6-8-12-20/h6-13,19H,5,14-16H2,1-4H3,(H,25,29). The first-order valence-corrected chi connectivity index (χ1v) is 11.6. The van der Waals surface area contributed by atoms with E-state index in [9.17, 15) is 4.79 Å². The van der Waals surface area contributed by atoms with Gasteiger partial charge in [0.1, 0.15) is 5.75 Å². The van der Waals surface area contributed by atoms with Gasteiger partial charge in [-0.3, -0.25) is 4.79 Å². The van der Waals surface area contributed by atoms with Crippen LogP contribution in [0.1, 0.15) is 42.5 Å². The second kappa shape index (κ2) is 11.0. The SMILES string of the molecule is CCn1c(SCC(=O)NCCc2ccccc2)nnc1C(C)Oc1cccc(C)c1C. The van der Waals surface area contributed by atoms with Crippen molar-refractivity contribution in [2.75, 3.05) is 12.3 Å². The predicted octanol–water partition coefficient (Wildman–Crippen LogP) is 4.51. The molecule has 164 valence electrons. The van der Waals surface area contributed by atoms with Gasteiger partial charge in [-0.2, -0.15) is 0 Å². The summed E-state index contributed by atoms with van der Waals surface area (Å²) >= 11 is 1.40. The molecule has 0 saturated heterocycles. The van der Waals surface area contributed by atoms with E-state index in [1.807, 2.05) is 48.7 Å². The summed E-state index contributed by atoms with van der Waals surface area (Å²) in [5.41, 5.74) is 3.53. The summed E-state index contributed by atoms with van der Waals surface area (Å²) in [7, 11) is 0. The number of thioether (sulfide) groups is 1. The second-order valence-corrected chi connectivity index (χ2v) is 8.36. The number of rotatable bonds is 10. The Bertz CT molecular complexity index is 1000. The lowest BCUT2D eigenvalue weighted by Crippen LogP contribution is -2.27. The first-order chi connectivity index (χ1) is 15.0. The number of nitrogens with zero attached hydrogens (tertiary/aromatic N) is 3. The van der Waals surface area contributed by atoms with Crippen LogP contribution in [0.25, 0.3) is 0 Å². The lowest BCUT2D eigenvalue weighted by atomic mass is 10.1. The summed E-state index contributed by atoms with van der Waals surface area (Å²) in [5, 5.41) is 12.4. The van der Waals surface area contributed by atoms with Gasteiger partial charge in [0.05, 0.1) is 5.75 Å². The lowest BCUT2D eigenvalue weighted by molar-refractivity contribution is -0.118. The molecule has 2 aromatic carbocycles. The molecule has 31 heavy (non-hydrogen) atoms. The highest BCUT2D eigenvalue weighted by molar-refractivity contribution is 7.99. The molecule has 0 aliphatic carbocycles. The van der Waals surface area contributed by atoms with Crippen molar-refractivity contribution in [1.82, 2.24) is 20.1 Å². The molecule has 7 heteroatoms. The number of nitrogens with one attached hydrogen (secondary N) is 1. The molecule has 1 atom stereocenters. The number of ether oxygens (including phenoxy) is 1. The van der Waals surface area contributed by atoms with E-state index < -0.39 is 0 Å². The number of benzene rings is 2. The van der Waals surface area contributed by atoms with Crippen LogP contribution in [0.4, 0.5) is 0 Å². The van der Waals surface area contributed by atoms with Crippen molar-refractivity contribution < 1.29 is 9.53 Å². The number of hydrogen-bond acceptors (Lipinski definition) is 5. The van der Waals surface area contributed by atoms with E-state index in [2.05, 4.69) is 47.6 Å². The Labute approximate surface area is 188 Å². The van der Waals surface area contributed by atoms with Gasteiger partial charge in [0.2, 0.25) is 5.91 Å². The van der Waals surface area contributed by atoms with E-state index in [1.165, 1.54) is 22.9 Å². The summed E-state index contributed by atoms with van der Waals surface area (Å²) in [6.07, 6.45) is 0.571. The van der Waals surface area contributed by atoms with Crippen molar-refractivity contribution in [3.05, 3.63) is 71.0 Å². The lowest BCUT2D eigenvalue weighted by Gasteiger charge is -2.17. The largest absolute Gasteiger partial charge is 0.482 e. The van der Waals surface area contributed by atoms with Crippen molar-refractivity contribution in [2.24, 2.45) is 0 Å². The van der Waals surface area contributed by atoms with Crippen molar-refractivity contribution in [3.8, 4) is 5.75 Å². The third kappa shape index (κ3) is 6.10. The van der Waals surface area contributed by atoms with Gasteiger partial charge in [0.25, 0.3) is 0 Å². The highest BCUT2D eigenvalue weighted by atomic mass is 32.2.